The summed E-state index contributed by atoms with van der Waals surface area (Å²) in [6.45, 7) is 0. The fourth-order valence-corrected chi connectivity index (χ4v) is 2.07. The Balaban J connectivity index is 2.60. The third-order valence-corrected chi connectivity index (χ3v) is 3.12. The number of ether oxygens (including phenoxy) is 2. The minimum atomic E-state index is -0.309. The number of methoxy groups -OCH3 is 2. The van der Waals surface area contributed by atoms with Crippen molar-refractivity contribution >= 4 is 15.9 Å². The van der Waals surface area contributed by atoms with E-state index in [2.05, 4.69) is 15.9 Å². The molecule has 0 aliphatic rings. The molecule has 4 heteroatoms. The van der Waals surface area contributed by atoms with E-state index in [1.165, 1.54) is 6.07 Å². The van der Waals surface area contributed by atoms with Crippen LogP contribution in [0.2, 0.25) is 0 Å². The SMILES string of the molecule is COc1ccc(OC)c(-c2ccc(Br)cc2F)c1. The molecular weight excluding hydrogens is 299 g/mol. The highest BCUT2D eigenvalue weighted by Crippen LogP contribution is 2.35. The average Bonchev–Trinajstić information content (AvgIpc) is 2.38. The minimum Gasteiger partial charge on any atom is -0.497 e. The summed E-state index contributed by atoms with van der Waals surface area (Å²) in [5.41, 5.74) is 1.15. The van der Waals surface area contributed by atoms with Crippen LogP contribution in [0.15, 0.2) is 40.9 Å². The van der Waals surface area contributed by atoms with Crippen LogP contribution in [0.25, 0.3) is 11.1 Å². The molecule has 18 heavy (non-hydrogen) atoms. The molecule has 0 aromatic heterocycles. The Kier molecular flexibility index (Phi) is 3.87. The normalized spacial score (nSPS) is 10.2. The van der Waals surface area contributed by atoms with Crippen molar-refractivity contribution in [3.05, 3.63) is 46.7 Å². The first-order valence-electron chi connectivity index (χ1n) is 5.33. The van der Waals surface area contributed by atoms with E-state index in [0.29, 0.717) is 27.1 Å². The molecule has 0 N–H and O–H groups in total. The molecule has 0 atom stereocenters. The molecule has 2 aromatic carbocycles. The highest BCUT2D eigenvalue weighted by molar-refractivity contribution is 9.10. The summed E-state index contributed by atoms with van der Waals surface area (Å²) in [6, 6.07) is 10.2. The van der Waals surface area contributed by atoms with E-state index in [0.717, 1.165) is 0 Å². The van der Waals surface area contributed by atoms with Gasteiger partial charge in [-0.2, -0.15) is 0 Å². The highest BCUT2D eigenvalue weighted by Gasteiger charge is 2.12. The van der Waals surface area contributed by atoms with Gasteiger partial charge in [-0.05, 0) is 30.3 Å². The standard InChI is InChI=1S/C14H12BrFO2/c1-17-10-4-6-14(18-2)12(8-10)11-5-3-9(15)7-13(11)16/h3-8H,1-2H3. The number of benzene rings is 2. The summed E-state index contributed by atoms with van der Waals surface area (Å²) in [5, 5.41) is 0. The van der Waals surface area contributed by atoms with Crippen LogP contribution < -0.4 is 9.47 Å². The van der Waals surface area contributed by atoms with Crippen LogP contribution in [0.4, 0.5) is 4.39 Å². The van der Waals surface area contributed by atoms with Crippen LogP contribution in [0.5, 0.6) is 11.5 Å². The van der Waals surface area contributed by atoms with Crippen molar-refractivity contribution < 1.29 is 13.9 Å². The third-order valence-electron chi connectivity index (χ3n) is 2.63. The molecule has 2 nitrogen and oxygen atoms in total. The van der Waals surface area contributed by atoms with Crippen LogP contribution in [-0.2, 0) is 0 Å². The largest absolute Gasteiger partial charge is 0.497 e. The van der Waals surface area contributed by atoms with Gasteiger partial charge in [0.25, 0.3) is 0 Å². The molecule has 0 heterocycles. The van der Waals surface area contributed by atoms with Crippen LogP contribution in [0.3, 0.4) is 0 Å². The molecule has 0 radical (unpaired) electrons. The lowest BCUT2D eigenvalue weighted by atomic mass is 10.0. The van der Waals surface area contributed by atoms with Crippen molar-refractivity contribution in [2.24, 2.45) is 0 Å². The van der Waals surface area contributed by atoms with Crippen LogP contribution in [-0.4, -0.2) is 14.2 Å². The minimum absolute atomic E-state index is 0.309. The van der Waals surface area contributed by atoms with E-state index in [-0.39, 0.29) is 5.82 Å². The zero-order chi connectivity index (χ0) is 13.1. The van der Waals surface area contributed by atoms with Gasteiger partial charge in [0.1, 0.15) is 17.3 Å². The molecule has 2 rings (SSSR count). The van der Waals surface area contributed by atoms with Gasteiger partial charge in [0.05, 0.1) is 14.2 Å². The molecule has 0 saturated carbocycles. The van der Waals surface area contributed by atoms with Crippen molar-refractivity contribution in [2.75, 3.05) is 14.2 Å². The second kappa shape index (κ2) is 5.40. The lowest BCUT2D eigenvalue weighted by Gasteiger charge is -2.11. The number of rotatable bonds is 3. The van der Waals surface area contributed by atoms with Gasteiger partial charge in [-0.1, -0.05) is 22.0 Å². The first-order chi connectivity index (χ1) is 8.65. The molecule has 0 aliphatic carbocycles. The van der Waals surface area contributed by atoms with Gasteiger partial charge in [-0.25, -0.2) is 4.39 Å². The van der Waals surface area contributed by atoms with Crippen LogP contribution >= 0.6 is 15.9 Å². The van der Waals surface area contributed by atoms with E-state index in [4.69, 9.17) is 9.47 Å². The van der Waals surface area contributed by atoms with E-state index in [1.807, 2.05) is 0 Å². The Morgan fingerprint density at radius 3 is 2.33 bits per heavy atom. The zero-order valence-electron chi connectivity index (χ0n) is 10.0. The quantitative estimate of drug-likeness (QED) is 0.842. The smallest absolute Gasteiger partial charge is 0.132 e. The first kappa shape index (κ1) is 12.9. The summed E-state index contributed by atoms with van der Waals surface area (Å²) in [7, 11) is 3.13. The van der Waals surface area contributed by atoms with Gasteiger partial charge >= 0.3 is 0 Å². The van der Waals surface area contributed by atoms with Crippen molar-refractivity contribution in [1.82, 2.24) is 0 Å². The molecule has 0 saturated heterocycles. The molecule has 0 aliphatic heterocycles. The van der Waals surface area contributed by atoms with Gasteiger partial charge in [-0.3, -0.25) is 0 Å². The van der Waals surface area contributed by atoms with E-state index in [9.17, 15) is 4.39 Å². The summed E-state index contributed by atoms with van der Waals surface area (Å²) < 4.78 is 25.1. The molecule has 2 aromatic rings. The second-order valence-electron chi connectivity index (χ2n) is 3.69. The van der Waals surface area contributed by atoms with Crippen molar-refractivity contribution in [1.29, 1.82) is 0 Å². The van der Waals surface area contributed by atoms with E-state index in [1.54, 1.807) is 44.6 Å². The monoisotopic (exact) mass is 310 g/mol. The fraction of sp³-hybridized carbons (Fsp3) is 0.143. The maximum absolute atomic E-state index is 14.0. The number of halogens is 2. The van der Waals surface area contributed by atoms with E-state index < -0.39 is 0 Å². The Labute approximate surface area is 113 Å². The van der Waals surface area contributed by atoms with Gasteiger partial charge in [-0.15, -0.1) is 0 Å². The zero-order valence-corrected chi connectivity index (χ0v) is 11.6. The summed E-state index contributed by atoms with van der Waals surface area (Å²) in [6.07, 6.45) is 0. The Morgan fingerprint density at radius 2 is 1.72 bits per heavy atom. The molecule has 0 spiro atoms. The third kappa shape index (κ3) is 2.48. The summed E-state index contributed by atoms with van der Waals surface area (Å²) in [5.74, 6) is 0.959. The summed E-state index contributed by atoms with van der Waals surface area (Å²) >= 11 is 3.24. The molecule has 0 bridgehead atoms. The molecule has 0 unspecified atom stereocenters. The van der Waals surface area contributed by atoms with Gasteiger partial charge < -0.3 is 9.47 Å². The lowest BCUT2D eigenvalue weighted by molar-refractivity contribution is 0.404. The predicted octanol–water partition coefficient (Wildman–Crippen LogP) is 4.27. The molecule has 94 valence electrons. The Morgan fingerprint density at radius 1 is 0.944 bits per heavy atom. The topological polar surface area (TPSA) is 18.5 Å². The van der Waals surface area contributed by atoms with Gasteiger partial charge in [0.2, 0.25) is 0 Å². The molecule has 0 amide bonds. The average molecular weight is 311 g/mol. The first-order valence-corrected chi connectivity index (χ1v) is 6.12. The van der Waals surface area contributed by atoms with Gasteiger partial charge in [0.15, 0.2) is 0 Å². The number of hydrogen-bond donors (Lipinski definition) is 0. The van der Waals surface area contributed by atoms with Crippen molar-refractivity contribution in [3.8, 4) is 22.6 Å². The Bertz CT molecular complexity index is 570. The van der Waals surface area contributed by atoms with E-state index >= 15 is 0 Å². The van der Waals surface area contributed by atoms with Crippen molar-refractivity contribution in [2.45, 2.75) is 0 Å². The fourth-order valence-electron chi connectivity index (χ4n) is 1.73. The van der Waals surface area contributed by atoms with Crippen LogP contribution in [0.1, 0.15) is 0 Å². The Hall–Kier alpha value is -1.55. The number of hydrogen-bond acceptors (Lipinski definition) is 2. The second-order valence-corrected chi connectivity index (χ2v) is 4.61. The highest BCUT2D eigenvalue weighted by atomic mass is 79.9. The predicted molar refractivity (Wildman–Crippen MR) is 72.6 cm³/mol. The summed E-state index contributed by atoms with van der Waals surface area (Å²) in [4.78, 5) is 0. The maximum atomic E-state index is 14.0. The molecule has 0 fully saturated rings. The lowest BCUT2D eigenvalue weighted by Crippen LogP contribution is -1.92. The molecular formula is C14H12BrFO2. The van der Waals surface area contributed by atoms with Crippen molar-refractivity contribution in [3.63, 3.8) is 0 Å². The van der Waals surface area contributed by atoms with Gasteiger partial charge in [0, 0.05) is 15.6 Å². The maximum Gasteiger partial charge on any atom is 0.132 e. The van der Waals surface area contributed by atoms with Crippen LogP contribution in [0, 0.1) is 5.82 Å².